The second kappa shape index (κ2) is 8.66. The van der Waals surface area contributed by atoms with Crippen molar-refractivity contribution in [3.8, 4) is 5.75 Å². The van der Waals surface area contributed by atoms with E-state index in [4.69, 9.17) is 10.2 Å². The molecule has 0 aromatic heterocycles. The summed E-state index contributed by atoms with van der Waals surface area (Å²) < 4.78 is 0. The van der Waals surface area contributed by atoms with Crippen molar-refractivity contribution >= 4 is 17.8 Å². The highest BCUT2D eigenvalue weighted by molar-refractivity contribution is 5.95. The van der Waals surface area contributed by atoms with Crippen molar-refractivity contribution in [1.29, 1.82) is 0 Å². The number of hydrazine groups is 1. The van der Waals surface area contributed by atoms with E-state index in [2.05, 4.69) is 10.9 Å². The van der Waals surface area contributed by atoms with Gasteiger partial charge in [-0.3, -0.25) is 25.2 Å². The van der Waals surface area contributed by atoms with E-state index in [1.54, 1.807) is 0 Å². The highest BCUT2D eigenvalue weighted by atomic mass is 16.4. The van der Waals surface area contributed by atoms with E-state index in [9.17, 15) is 14.4 Å². The van der Waals surface area contributed by atoms with Crippen LogP contribution >= 0.6 is 0 Å². The Kier molecular flexibility index (Phi) is 6.88. The van der Waals surface area contributed by atoms with E-state index in [1.165, 1.54) is 24.3 Å². The minimum absolute atomic E-state index is 0.0207. The van der Waals surface area contributed by atoms with Crippen molar-refractivity contribution in [2.45, 2.75) is 32.6 Å². The second-order valence-electron chi connectivity index (χ2n) is 4.91. The number of carboxylic acid groups (broad SMARTS) is 1. The van der Waals surface area contributed by atoms with Gasteiger partial charge in [-0.1, -0.05) is 13.3 Å². The van der Waals surface area contributed by atoms with Crippen LogP contribution in [0, 0.1) is 5.92 Å². The first-order valence-electron chi connectivity index (χ1n) is 7.05. The Hall–Kier alpha value is -2.57. The molecule has 0 radical (unpaired) electrons. The highest BCUT2D eigenvalue weighted by Gasteiger charge is 2.17. The normalized spacial score (nSPS) is 11.5. The summed E-state index contributed by atoms with van der Waals surface area (Å²) in [5, 5.41) is 18.1. The molecule has 1 rings (SSSR count). The van der Waals surface area contributed by atoms with Crippen LogP contribution < -0.4 is 10.9 Å². The van der Waals surface area contributed by atoms with E-state index in [0.717, 1.165) is 6.42 Å². The Morgan fingerprint density at radius 3 is 2.27 bits per heavy atom. The molecule has 7 nitrogen and oxygen atoms in total. The van der Waals surface area contributed by atoms with E-state index < -0.39 is 23.7 Å². The Morgan fingerprint density at radius 1 is 1.09 bits per heavy atom. The van der Waals surface area contributed by atoms with E-state index in [0.29, 0.717) is 6.42 Å². The summed E-state index contributed by atoms with van der Waals surface area (Å²) in [6.45, 7) is 1.88. The molecule has 0 aliphatic heterocycles. The topological polar surface area (TPSA) is 116 Å². The number of amides is 2. The zero-order valence-electron chi connectivity index (χ0n) is 12.3. The number of rotatable bonds is 7. The molecule has 0 bridgehead atoms. The van der Waals surface area contributed by atoms with Crippen molar-refractivity contribution in [1.82, 2.24) is 10.9 Å². The van der Waals surface area contributed by atoms with Gasteiger partial charge in [-0.2, -0.15) is 0 Å². The van der Waals surface area contributed by atoms with Gasteiger partial charge >= 0.3 is 5.97 Å². The number of carbonyl (C=O) groups excluding carboxylic acids is 2. The average Bonchev–Trinajstić information content (AvgIpc) is 2.49. The fraction of sp³-hybridized carbons (Fsp3) is 0.400. The molecule has 1 atom stereocenters. The molecule has 22 heavy (non-hydrogen) atoms. The minimum atomic E-state index is -0.914. The fourth-order valence-electron chi connectivity index (χ4n) is 1.92. The van der Waals surface area contributed by atoms with Crippen molar-refractivity contribution in [2.24, 2.45) is 5.92 Å². The third-order valence-electron chi connectivity index (χ3n) is 3.15. The molecule has 0 unspecified atom stereocenters. The lowest BCUT2D eigenvalue weighted by atomic mass is 9.98. The molecule has 0 aliphatic rings. The predicted octanol–water partition coefficient (Wildman–Crippen LogP) is 1.43. The van der Waals surface area contributed by atoms with Crippen LogP contribution in [0.25, 0.3) is 0 Å². The van der Waals surface area contributed by atoms with Gasteiger partial charge in [-0.05, 0) is 37.1 Å². The molecule has 0 saturated carbocycles. The summed E-state index contributed by atoms with van der Waals surface area (Å²) in [5.41, 5.74) is 4.76. The molecule has 0 heterocycles. The second-order valence-corrected chi connectivity index (χ2v) is 4.91. The lowest BCUT2D eigenvalue weighted by Crippen LogP contribution is -2.41. The van der Waals surface area contributed by atoms with Crippen LogP contribution in [-0.4, -0.2) is 28.0 Å². The zero-order chi connectivity index (χ0) is 16.5. The number of hydrogen-bond acceptors (Lipinski definition) is 4. The molecule has 0 aliphatic carbocycles. The first-order valence-corrected chi connectivity index (χ1v) is 7.05. The minimum Gasteiger partial charge on any atom is -0.508 e. The largest absolute Gasteiger partial charge is 0.508 e. The van der Waals surface area contributed by atoms with E-state index >= 15 is 0 Å². The van der Waals surface area contributed by atoms with E-state index in [1.807, 2.05) is 6.92 Å². The number of aliphatic carboxylic acids is 1. The first kappa shape index (κ1) is 17.5. The molecule has 1 aromatic carbocycles. The number of nitrogens with one attached hydrogen (secondary N) is 2. The predicted molar refractivity (Wildman–Crippen MR) is 79.0 cm³/mol. The molecule has 7 heteroatoms. The Labute approximate surface area is 128 Å². The molecular weight excluding hydrogens is 288 g/mol. The zero-order valence-corrected chi connectivity index (χ0v) is 12.3. The summed E-state index contributed by atoms with van der Waals surface area (Å²) in [6.07, 6.45) is 1.50. The lowest BCUT2D eigenvalue weighted by Gasteiger charge is -2.11. The number of aromatic hydroxyl groups is 1. The molecule has 0 fully saturated rings. The maximum atomic E-state index is 11.7. The van der Waals surface area contributed by atoms with Crippen molar-refractivity contribution in [3.05, 3.63) is 29.8 Å². The Bertz CT molecular complexity index is 527. The monoisotopic (exact) mass is 308 g/mol. The lowest BCUT2D eigenvalue weighted by molar-refractivity contribution is -0.142. The SMILES string of the molecule is CCC[C@@H](CCC(=O)NNC(=O)c1ccc(O)cc1)C(=O)O. The number of carboxylic acids is 1. The van der Waals surface area contributed by atoms with Crippen LogP contribution in [0.3, 0.4) is 0 Å². The molecular formula is C15H20N2O5. The molecule has 120 valence electrons. The van der Waals surface area contributed by atoms with Gasteiger partial charge in [-0.25, -0.2) is 0 Å². The summed E-state index contributed by atoms with van der Waals surface area (Å²) >= 11 is 0. The van der Waals surface area contributed by atoms with Gasteiger partial charge in [0.1, 0.15) is 5.75 Å². The summed E-state index contributed by atoms with van der Waals surface area (Å²) in [6, 6.07) is 5.55. The van der Waals surface area contributed by atoms with Gasteiger partial charge in [0, 0.05) is 12.0 Å². The molecule has 0 saturated heterocycles. The van der Waals surface area contributed by atoms with Crippen LogP contribution in [0.4, 0.5) is 0 Å². The summed E-state index contributed by atoms with van der Waals surface area (Å²) in [4.78, 5) is 34.3. The van der Waals surface area contributed by atoms with Crippen molar-refractivity contribution < 1.29 is 24.6 Å². The van der Waals surface area contributed by atoms with Crippen LogP contribution in [0.2, 0.25) is 0 Å². The van der Waals surface area contributed by atoms with Gasteiger partial charge in [0.2, 0.25) is 5.91 Å². The van der Waals surface area contributed by atoms with Gasteiger partial charge in [-0.15, -0.1) is 0 Å². The van der Waals surface area contributed by atoms with E-state index in [-0.39, 0.29) is 24.2 Å². The average molecular weight is 308 g/mol. The molecule has 0 spiro atoms. The number of benzene rings is 1. The molecule has 4 N–H and O–H groups in total. The first-order chi connectivity index (χ1) is 10.4. The van der Waals surface area contributed by atoms with Gasteiger partial charge in [0.05, 0.1) is 5.92 Å². The quantitative estimate of drug-likeness (QED) is 0.569. The number of hydrogen-bond donors (Lipinski definition) is 4. The van der Waals surface area contributed by atoms with Gasteiger partial charge in [0.15, 0.2) is 0 Å². The van der Waals surface area contributed by atoms with Crippen LogP contribution in [0.15, 0.2) is 24.3 Å². The number of carbonyl (C=O) groups is 3. The molecule has 2 amide bonds. The summed E-state index contributed by atoms with van der Waals surface area (Å²) in [7, 11) is 0. The van der Waals surface area contributed by atoms with Gasteiger partial charge in [0.25, 0.3) is 5.91 Å². The highest BCUT2D eigenvalue weighted by Crippen LogP contribution is 2.13. The van der Waals surface area contributed by atoms with Crippen LogP contribution in [-0.2, 0) is 9.59 Å². The van der Waals surface area contributed by atoms with Crippen LogP contribution in [0.1, 0.15) is 43.0 Å². The van der Waals surface area contributed by atoms with Crippen LogP contribution in [0.5, 0.6) is 5.75 Å². The molecule has 1 aromatic rings. The smallest absolute Gasteiger partial charge is 0.306 e. The number of phenolic OH excluding ortho intramolecular Hbond substituents is 1. The maximum absolute atomic E-state index is 11.7. The standard InChI is InChI=1S/C15H20N2O5/c1-2-3-11(15(21)22)6-9-13(19)16-17-14(20)10-4-7-12(18)8-5-10/h4-5,7-8,11,18H,2-3,6,9H2,1H3,(H,16,19)(H,17,20)(H,21,22)/t11-/m0/s1. The Morgan fingerprint density at radius 2 is 1.73 bits per heavy atom. The van der Waals surface area contributed by atoms with Crippen molar-refractivity contribution in [2.75, 3.05) is 0 Å². The fourth-order valence-corrected chi connectivity index (χ4v) is 1.92. The summed E-state index contributed by atoms with van der Waals surface area (Å²) in [5.74, 6) is -2.39. The third kappa shape index (κ3) is 5.82. The Balaban J connectivity index is 2.37. The maximum Gasteiger partial charge on any atom is 0.306 e. The van der Waals surface area contributed by atoms with Crippen molar-refractivity contribution in [3.63, 3.8) is 0 Å². The number of phenols is 1. The van der Waals surface area contributed by atoms with Gasteiger partial charge < -0.3 is 10.2 Å². The third-order valence-corrected chi connectivity index (χ3v) is 3.15.